The molecule has 0 saturated carbocycles. The third kappa shape index (κ3) is 3.39. The van der Waals surface area contributed by atoms with E-state index in [9.17, 15) is 9.18 Å². The van der Waals surface area contributed by atoms with Gasteiger partial charge in [0.2, 0.25) is 5.91 Å². The van der Waals surface area contributed by atoms with Gasteiger partial charge in [-0.2, -0.15) is 0 Å². The van der Waals surface area contributed by atoms with Crippen molar-refractivity contribution < 1.29 is 9.18 Å². The van der Waals surface area contributed by atoms with Crippen molar-refractivity contribution in [3.8, 4) is 0 Å². The number of hydrogen-bond donors (Lipinski definition) is 1. The fourth-order valence-electron chi connectivity index (χ4n) is 1.00. The minimum atomic E-state index is -0.270. The van der Waals surface area contributed by atoms with E-state index in [1.165, 1.54) is 18.2 Å². The smallest absolute Gasteiger partial charge is 0.243 e. The van der Waals surface area contributed by atoms with Crippen molar-refractivity contribution in [3.05, 3.63) is 47.8 Å². The molecular weight excluding hydrogens is 181 g/mol. The van der Waals surface area contributed by atoms with Crippen LogP contribution in [0.5, 0.6) is 0 Å². The standard InChI is InChI=1S/C11H12FNO/c1-2-3-11(14)13-8-9-4-6-10(12)7-5-9/h2-7H,8H2,1H3,(H,13,14)/b3-2+. The average molecular weight is 193 g/mol. The SMILES string of the molecule is C/C=C/C(=O)NCc1ccc(F)cc1. The maximum absolute atomic E-state index is 12.5. The zero-order valence-electron chi connectivity index (χ0n) is 7.96. The molecule has 0 unspecified atom stereocenters. The Bertz CT molecular complexity index is 330. The largest absolute Gasteiger partial charge is 0.348 e. The topological polar surface area (TPSA) is 29.1 Å². The van der Waals surface area contributed by atoms with Crippen LogP contribution in [-0.4, -0.2) is 5.91 Å². The fraction of sp³-hybridized carbons (Fsp3) is 0.182. The summed E-state index contributed by atoms with van der Waals surface area (Å²) in [6.45, 7) is 2.20. The van der Waals surface area contributed by atoms with Gasteiger partial charge >= 0.3 is 0 Å². The van der Waals surface area contributed by atoms with Gasteiger partial charge < -0.3 is 5.32 Å². The summed E-state index contributed by atoms with van der Waals surface area (Å²) in [6, 6.07) is 6.03. The average Bonchev–Trinajstić information content (AvgIpc) is 2.17. The number of carbonyl (C=O) groups is 1. The summed E-state index contributed by atoms with van der Waals surface area (Å²) in [5.41, 5.74) is 0.879. The number of amides is 1. The molecular formula is C11H12FNO. The summed E-state index contributed by atoms with van der Waals surface area (Å²) < 4.78 is 12.5. The highest BCUT2D eigenvalue weighted by Gasteiger charge is 1.96. The van der Waals surface area contributed by atoms with Crippen molar-refractivity contribution in [1.29, 1.82) is 0 Å². The first-order valence-electron chi connectivity index (χ1n) is 4.37. The van der Waals surface area contributed by atoms with Crippen LogP contribution in [0, 0.1) is 5.82 Å². The highest BCUT2D eigenvalue weighted by atomic mass is 19.1. The van der Waals surface area contributed by atoms with E-state index in [0.717, 1.165) is 5.56 Å². The number of benzene rings is 1. The first kappa shape index (κ1) is 10.4. The molecule has 1 rings (SSSR count). The highest BCUT2D eigenvalue weighted by molar-refractivity contribution is 5.87. The highest BCUT2D eigenvalue weighted by Crippen LogP contribution is 2.01. The second-order valence-corrected chi connectivity index (χ2v) is 2.84. The zero-order valence-corrected chi connectivity index (χ0v) is 7.96. The number of nitrogens with one attached hydrogen (secondary N) is 1. The van der Waals surface area contributed by atoms with Gasteiger partial charge in [0.1, 0.15) is 5.82 Å². The lowest BCUT2D eigenvalue weighted by Crippen LogP contribution is -2.20. The van der Waals surface area contributed by atoms with E-state index in [1.54, 1.807) is 25.1 Å². The lowest BCUT2D eigenvalue weighted by Gasteiger charge is -2.01. The predicted molar refractivity (Wildman–Crippen MR) is 53.1 cm³/mol. The van der Waals surface area contributed by atoms with E-state index < -0.39 is 0 Å². The molecule has 0 saturated heterocycles. The van der Waals surface area contributed by atoms with Gasteiger partial charge in [-0.3, -0.25) is 4.79 Å². The van der Waals surface area contributed by atoms with Crippen LogP contribution in [-0.2, 0) is 11.3 Å². The van der Waals surface area contributed by atoms with E-state index in [1.807, 2.05) is 0 Å². The Kier molecular flexibility index (Phi) is 3.85. The molecule has 0 fully saturated rings. The zero-order chi connectivity index (χ0) is 10.4. The Morgan fingerprint density at radius 2 is 2.07 bits per heavy atom. The summed E-state index contributed by atoms with van der Waals surface area (Å²) in [6.07, 6.45) is 3.11. The molecule has 0 aliphatic heterocycles. The Morgan fingerprint density at radius 3 is 2.64 bits per heavy atom. The molecule has 0 spiro atoms. The van der Waals surface area contributed by atoms with Crippen LogP contribution < -0.4 is 5.32 Å². The molecule has 0 atom stereocenters. The molecule has 2 nitrogen and oxygen atoms in total. The van der Waals surface area contributed by atoms with E-state index in [4.69, 9.17) is 0 Å². The molecule has 0 aliphatic carbocycles. The lowest BCUT2D eigenvalue weighted by atomic mass is 10.2. The van der Waals surface area contributed by atoms with Crippen LogP contribution in [0.15, 0.2) is 36.4 Å². The van der Waals surface area contributed by atoms with Crippen LogP contribution in [0.2, 0.25) is 0 Å². The van der Waals surface area contributed by atoms with Gasteiger partial charge in [-0.15, -0.1) is 0 Å². The number of rotatable bonds is 3. The molecule has 1 amide bonds. The van der Waals surface area contributed by atoms with Crippen molar-refractivity contribution >= 4 is 5.91 Å². The molecule has 0 aliphatic rings. The molecule has 14 heavy (non-hydrogen) atoms. The van der Waals surface area contributed by atoms with E-state index in [0.29, 0.717) is 6.54 Å². The Hall–Kier alpha value is -1.64. The maximum Gasteiger partial charge on any atom is 0.243 e. The molecule has 3 heteroatoms. The second kappa shape index (κ2) is 5.17. The molecule has 1 N–H and O–H groups in total. The Labute approximate surface area is 82.4 Å². The third-order valence-corrected chi connectivity index (χ3v) is 1.70. The maximum atomic E-state index is 12.5. The molecule has 0 aromatic heterocycles. The Balaban J connectivity index is 2.46. The van der Waals surface area contributed by atoms with Gasteiger partial charge in [0.05, 0.1) is 0 Å². The minimum absolute atomic E-state index is 0.142. The summed E-state index contributed by atoms with van der Waals surface area (Å²) in [5, 5.41) is 2.67. The number of allylic oxidation sites excluding steroid dienone is 1. The van der Waals surface area contributed by atoms with E-state index >= 15 is 0 Å². The monoisotopic (exact) mass is 193 g/mol. The number of hydrogen-bond acceptors (Lipinski definition) is 1. The molecule has 1 aromatic rings. The van der Waals surface area contributed by atoms with E-state index in [-0.39, 0.29) is 11.7 Å². The van der Waals surface area contributed by atoms with Gasteiger partial charge in [-0.1, -0.05) is 18.2 Å². The molecule has 0 heterocycles. The van der Waals surface area contributed by atoms with Gasteiger partial charge in [0, 0.05) is 6.54 Å². The molecule has 1 aromatic carbocycles. The summed E-state index contributed by atoms with van der Waals surface area (Å²) >= 11 is 0. The van der Waals surface area contributed by atoms with Crippen molar-refractivity contribution in [3.63, 3.8) is 0 Å². The van der Waals surface area contributed by atoms with Crippen molar-refractivity contribution in [2.24, 2.45) is 0 Å². The van der Waals surface area contributed by atoms with Crippen LogP contribution in [0.4, 0.5) is 4.39 Å². The van der Waals surface area contributed by atoms with Gasteiger partial charge in [0.15, 0.2) is 0 Å². The predicted octanol–water partition coefficient (Wildman–Crippen LogP) is 2.02. The summed E-state index contributed by atoms with van der Waals surface area (Å²) in [4.78, 5) is 11.0. The first-order valence-corrected chi connectivity index (χ1v) is 4.37. The van der Waals surface area contributed by atoms with E-state index in [2.05, 4.69) is 5.32 Å². The number of carbonyl (C=O) groups excluding carboxylic acids is 1. The second-order valence-electron chi connectivity index (χ2n) is 2.84. The van der Waals surface area contributed by atoms with Crippen LogP contribution in [0.3, 0.4) is 0 Å². The van der Waals surface area contributed by atoms with Crippen molar-refractivity contribution in [1.82, 2.24) is 5.32 Å². The van der Waals surface area contributed by atoms with Gasteiger partial charge in [-0.05, 0) is 30.7 Å². The fourth-order valence-corrected chi connectivity index (χ4v) is 1.00. The molecule has 74 valence electrons. The third-order valence-electron chi connectivity index (χ3n) is 1.70. The Morgan fingerprint density at radius 1 is 1.43 bits per heavy atom. The number of halogens is 1. The van der Waals surface area contributed by atoms with Gasteiger partial charge in [-0.25, -0.2) is 4.39 Å². The van der Waals surface area contributed by atoms with Crippen molar-refractivity contribution in [2.45, 2.75) is 13.5 Å². The van der Waals surface area contributed by atoms with Crippen LogP contribution >= 0.6 is 0 Å². The normalized spacial score (nSPS) is 10.4. The van der Waals surface area contributed by atoms with Crippen LogP contribution in [0.25, 0.3) is 0 Å². The first-order chi connectivity index (χ1) is 6.72. The molecule has 0 radical (unpaired) electrons. The quantitative estimate of drug-likeness (QED) is 0.731. The van der Waals surface area contributed by atoms with Crippen LogP contribution in [0.1, 0.15) is 12.5 Å². The van der Waals surface area contributed by atoms with Crippen molar-refractivity contribution in [2.75, 3.05) is 0 Å². The summed E-state index contributed by atoms with van der Waals surface area (Å²) in [7, 11) is 0. The van der Waals surface area contributed by atoms with Gasteiger partial charge in [0.25, 0.3) is 0 Å². The lowest BCUT2D eigenvalue weighted by molar-refractivity contribution is -0.116. The minimum Gasteiger partial charge on any atom is -0.348 e. The summed E-state index contributed by atoms with van der Waals surface area (Å²) in [5.74, 6) is -0.412. The molecule has 0 bridgehead atoms.